The maximum atomic E-state index is 2.57. The number of benzene rings is 2. The van der Waals surface area contributed by atoms with Gasteiger partial charge in [0.2, 0.25) is 0 Å². The number of hydrogen-bond donors (Lipinski definition) is 1. The Labute approximate surface area is 161 Å². The average Bonchev–Trinajstić information content (AvgIpc) is 2.67. The highest BCUT2D eigenvalue weighted by Gasteiger charge is 2.22. The van der Waals surface area contributed by atoms with Crippen molar-refractivity contribution in [1.29, 1.82) is 0 Å². The Kier molecular flexibility index (Phi) is 5.37. The largest absolute Gasteiger partial charge is 0.372 e. The molecule has 2 aliphatic heterocycles. The van der Waals surface area contributed by atoms with E-state index < -0.39 is 0 Å². The lowest BCUT2D eigenvalue weighted by molar-refractivity contribution is -0.857. The van der Waals surface area contributed by atoms with Gasteiger partial charge >= 0.3 is 0 Å². The van der Waals surface area contributed by atoms with Crippen LogP contribution >= 0.6 is 11.8 Å². The Morgan fingerprint density at radius 1 is 0.962 bits per heavy atom. The smallest absolute Gasteiger partial charge is 0.0802 e. The molecule has 26 heavy (non-hydrogen) atoms. The molecule has 136 valence electrons. The summed E-state index contributed by atoms with van der Waals surface area (Å²) < 4.78 is 0. The summed E-state index contributed by atoms with van der Waals surface area (Å²) in [5.41, 5.74) is 5.64. The summed E-state index contributed by atoms with van der Waals surface area (Å²) in [5.74, 6) is 0. The molecule has 1 saturated heterocycles. The molecule has 0 aliphatic carbocycles. The molecule has 0 amide bonds. The number of hydrogen-bond acceptors (Lipinski definition) is 2. The maximum absolute atomic E-state index is 2.57. The molecular weight excluding hydrogens is 336 g/mol. The van der Waals surface area contributed by atoms with Crippen molar-refractivity contribution >= 4 is 23.0 Å². The van der Waals surface area contributed by atoms with E-state index >= 15 is 0 Å². The third-order valence-electron chi connectivity index (χ3n) is 5.36. The summed E-state index contributed by atoms with van der Waals surface area (Å²) >= 11 is 1.92. The number of nitrogens with zero attached hydrogens (tertiary/aromatic N) is 1. The van der Waals surface area contributed by atoms with Gasteiger partial charge in [-0.3, -0.25) is 0 Å². The van der Waals surface area contributed by atoms with E-state index in [0.717, 1.165) is 6.42 Å². The maximum Gasteiger partial charge on any atom is 0.0802 e. The van der Waals surface area contributed by atoms with Crippen LogP contribution in [0.1, 0.15) is 36.8 Å². The third kappa shape index (κ3) is 3.70. The molecule has 3 heteroatoms. The predicted molar refractivity (Wildman–Crippen MR) is 112 cm³/mol. The van der Waals surface area contributed by atoms with Crippen LogP contribution in [0, 0.1) is 0 Å². The minimum absolute atomic E-state index is 1.12. The normalized spacial score (nSPS) is 18.1. The molecule has 2 aromatic rings. The number of anilines is 1. The van der Waals surface area contributed by atoms with Crippen molar-refractivity contribution in [2.75, 3.05) is 38.6 Å². The van der Waals surface area contributed by atoms with E-state index in [4.69, 9.17) is 0 Å². The third-order valence-corrected chi connectivity index (χ3v) is 6.52. The zero-order valence-electron chi connectivity index (χ0n) is 15.9. The summed E-state index contributed by atoms with van der Waals surface area (Å²) in [6.45, 7) is 3.57. The second-order valence-electron chi connectivity index (χ2n) is 7.69. The van der Waals surface area contributed by atoms with Gasteiger partial charge in [-0.15, -0.1) is 0 Å². The molecule has 1 fully saturated rings. The number of fused-ring (bicyclic) bond motifs is 2. The first-order valence-corrected chi connectivity index (χ1v) is 10.7. The monoisotopic (exact) mass is 365 g/mol. The Hall–Kier alpha value is -1.71. The molecule has 2 aromatic carbocycles. The number of rotatable bonds is 4. The SMILES string of the molecule is C[NH+](C)CC/C=C1/c2ccccc2Sc2ccc(N3CCCCC3)cc21. The van der Waals surface area contributed by atoms with Crippen LogP contribution in [0.15, 0.2) is 58.3 Å². The van der Waals surface area contributed by atoms with E-state index in [1.165, 1.54) is 76.0 Å². The fourth-order valence-corrected chi connectivity index (χ4v) is 5.02. The standard InChI is InChI=1S/C23H28N2S/c1-24(2)14-8-10-19-20-9-4-5-11-22(20)26-23-13-12-18(17-21(19)23)25-15-6-3-7-16-25/h4-5,9-13,17H,3,6-8,14-16H2,1-2H3/p+1/b19-10-. The summed E-state index contributed by atoms with van der Waals surface area (Å²) in [6, 6.07) is 16.0. The lowest BCUT2D eigenvalue weighted by atomic mass is 9.95. The molecule has 0 radical (unpaired) electrons. The van der Waals surface area contributed by atoms with Crippen molar-refractivity contribution in [3.63, 3.8) is 0 Å². The van der Waals surface area contributed by atoms with Gasteiger partial charge in [0.1, 0.15) is 0 Å². The van der Waals surface area contributed by atoms with Crippen molar-refractivity contribution < 1.29 is 4.90 Å². The number of nitrogens with one attached hydrogen (secondary N) is 1. The summed E-state index contributed by atoms with van der Waals surface area (Å²) in [4.78, 5) is 6.85. The van der Waals surface area contributed by atoms with Crippen molar-refractivity contribution in [3.05, 3.63) is 59.7 Å². The molecule has 2 heterocycles. The summed E-state index contributed by atoms with van der Waals surface area (Å²) in [7, 11) is 4.46. The van der Waals surface area contributed by atoms with Gasteiger partial charge in [-0.25, -0.2) is 0 Å². The minimum atomic E-state index is 1.12. The van der Waals surface area contributed by atoms with Crippen LogP contribution in [-0.2, 0) is 0 Å². The first-order chi connectivity index (χ1) is 12.7. The fraction of sp³-hybridized carbons (Fsp3) is 0.391. The van der Waals surface area contributed by atoms with Gasteiger partial charge < -0.3 is 9.80 Å². The lowest BCUT2D eigenvalue weighted by Gasteiger charge is -2.30. The highest BCUT2D eigenvalue weighted by Crippen LogP contribution is 2.46. The molecule has 0 saturated carbocycles. The number of piperidine rings is 1. The van der Waals surface area contributed by atoms with Crippen molar-refractivity contribution in [1.82, 2.24) is 0 Å². The topological polar surface area (TPSA) is 7.68 Å². The molecule has 0 aromatic heterocycles. The van der Waals surface area contributed by atoms with Crippen LogP contribution in [-0.4, -0.2) is 33.7 Å². The first kappa shape index (κ1) is 17.7. The summed E-state index contributed by atoms with van der Waals surface area (Å²) in [6.07, 6.45) is 7.60. The van der Waals surface area contributed by atoms with Crippen LogP contribution in [0.3, 0.4) is 0 Å². The Balaban J connectivity index is 1.72. The Morgan fingerprint density at radius 2 is 1.73 bits per heavy atom. The predicted octanol–water partition coefficient (Wildman–Crippen LogP) is 4.11. The molecule has 1 N–H and O–H groups in total. The van der Waals surface area contributed by atoms with Gasteiger partial charge in [0.25, 0.3) is 0 Å². The minimum Gasteiger partial charge on any atom is -0.372 e. The van der Waals surface area contributed by atoms with Gasteiger partial charge in [-0.1, -0.05) is 36.0 Å². The highest BCUT2D eigenvalue weighted by molar-refractivity contribution is 7.99. The van der Waals surface area contributed by atoms with Crippen LogP contribution in [0.4, 0.5) is 5.69 Å². The van der Waals surface area contributed by atoms with Crippen molar-refractivity contribution in [3.8, 4) is 0 Å². The molecule has 0 unspecified atom stereocenters. The van der Waals surface area contributed by atoms with Gasteiger partial charge in [0, 0.05) is 35.0 Å². The van der Waals surface area contributed by atoms with Gasteiger partial charge in [-0.2, -0.15) is 0 Å². The second kappa shape index (κ2) is 7.89. The molecule has 2 aliphatic rings. The highest BCUT2D eigenvalue weighted by atomic mass is 32.2. The molecular formula is C23H29N2S+. The fourth-order valence-electron chi connectivity index (χ4n) is 3.93. The van der Waals surface area contributed by atoms with Crippen LogP contribution in [0.2, 0.25) is 0 Å². The molecule has 4 rings (SSSR count). The van der Waals surface area contributed by atoms with E-state index in [1.54, 1.807) is 0 Å². The first-order valence-electron chi connectivity index (χ1n) is 9.88. The molecule has 0 spiro atoms. The van der Waals surface area contributed by atoms with E-state index in [2.05, 4.69) is 67.5 Å². The van der Waals surface area contributed by atoms with Gasteiger partial charge in [0.05, 0.1) is 20.6 Å². The zero-order chi connectivity index (χ0) is 17.9. The van der Waals surface area contributed by atoms with Crippen LogP contribution in [0.5, 0.6) is 0 Å². The van der Waals surface area contributed by atoms with E-state index in [9.17, 15) is 0 Å². The molecule has 0 atom stereocenters. The molecule has 2 nitrogen and oxygen atoms in total. The molecule has 0 bridgehead atoms. The van der Waals surface area contributed by atoms with E-state index in [-0.39, 0.29) is 0 Å². The van der Waals surface area contributed by atoms with E-state index in [1.807, 2.05) is 11.8 Å². The average molecular weight is 366 g/mol. The summed E-state index contributed by atoms with van der Waals surface area (Å²) in [5, 5.41) is 0. The van der Waals surface area contributed by atoms with Crippen LogP contribution in [0.25, 0.3) is 5.57 Å². The Morgan fingerprint density at radius 3 is 2.54 bits per heavy atom. The van der Waals surface area contributed by atoms with Crippen molar-refractivity contribution in [2.45, 2.75) is 35.5 Å². The number of quaternary nitrogens is 1. The van der Waals surface area contributed by atoms with Gasteiger partial charge in [0.15, 0.2) is 0 Å². The quantitative estimate of drug-likeness (QED) is 0.744. The van der Waals surface area contributed by atoms with Crippen LogP contribution < -0.4 is 9.80 Å². The second-order valence-corrected chi connectivity index (χ2v) is 8.77. The van der Waals surface area contributed by atoms with Crippen molar-refractivity contribution in [2.24, 2.45) is 0 Å². The lowest BCUT2D eigenvalue weighted by Crippen LogP contribution is -3.05. The van der Waals surface area contributed by atoms with Gasteiger partial charge in [-0.05, 0) is 60.2 Å². The van der Waals surface area contributed by atoms with E-state index in [0.29, 0.717) is 0 Å². The Bertz CT molecular complexity index is 804. The zero-order valence-corrected chi connectivity index (χ0v) is 16.7.